The molecule has 5 nitrogen and oxygen atoms in total. The molecular weight excluding hydrogens is 238 g/mol. The Balaban J connectivity index is 1.78. The largest absolute Gasteiger partial charge is 0.330 e. The van der Waals surface area contributed by atoms with Crippen LogP contribution in [0.25, 0.3) is 0 Å². The predicted molar refractivity (Wildman–Crippen MR) is 63.9 cm³/mol. The standard InChI is InChI=1S/C11H14ClN5/c1-8(12)11-6-16(15-14-11)5-10-4-13-7-17(10)9-2-3-9/h4,6-9H,2-3,5H2,1H3. The third kappa shape index (κ3) is 2.20. The molecule has 1 aliphatic carbocycles. The minimum atomic E-state index is -0.0999. The van der Waals surface area contributed by atoms with Crippen LogP contribution in [0.4, 0.5) is 0 Å². The Morgan fingerprint density at radius 2 is 2.35 bits per heavy atom. The maximum atomic E-state index is 5.96. The molecule has 1 fully saturated rings. The van der Waals surface area contributed by atoms with Gasteiger partial charge in [-0.05, 0) is 19.8 Å². The molecule has 1 unspecified atom stereocenters. The van der Waals surface area contributed by atoms with E-state index >= 15 is 0 Å². The van der Waals surface area contributed by atoms with E-state index in [1.807, 2.05) is 30.3 Å². The molecule has 3 rings (SSSR count). The van der Waals surface area contributed by atoms with Gasteiger partial charge in [-0.3, -0.25) is 0 Å². The van der Waals surface area contributed by atoms with Crippen LogP contribution >= 0.6 is 11.6 Å². The van der Waals surface area contributed by atoms with Gasteiger partial charge in [-0.15, -0.1) is 16.7 Å². The second-order valence-corrected chi connectivity index (χ2v) is 5.14. The van der Waals surface area contributed by atoms with Crippen molar-refractivity contribution in [2.75, 3.05) is 0 Å². The summed E-state index contributed by atoms with van der Waals surface area (Å²) in [5, 5.41) is 8.01. The number of halogens is 1. The summed E-state index contributed by atoms with van der Waals surface area (Å²) in [7, 11) is 0. The lowest BCUT2D eigenvalue weighted by Crippen LogP contribution is -2.06. The van der Waals surface area contributed by atoms with Gasteiger partial charge >= 0.3 is 0 Å². The molecule has 0 aromatic carbocycles. The first-order valence-corrected chi connectivity index (χ1v) is 6.22. The average Bonchev–Trinajstić information content (AvgIpc) is 2.86. The molecule has 17 heavy (non-hydrogen) atoms. The fourth-order valence-electron chi connectivity index (χ4n) is 1.87. The van der Waals surface area contributed by atoms with Gasteiger partial charge in [0, 0.05) is 6.04 Å². The van der Waals surface area contributed by atoms with Gasteiger partial charge < -0.3 is 4.57 Å². The van der Waals surface area contributed by atoms with E-state index in [9.17, 15) is 0 Å². The molecule has 1 aliphatic rings. The van der Waals surface area contributed by atoms with Crippen molar-refractivity contribution >= 4 is 11.6 Å². The third-order valence-electron chi connectivity index (χ3n) is 2.97. The quantitative estimate of drug-likeness (QED) is 0.783. The molecule has 0 amide bonds. The van der Waals surface area contributed by atoms with Gasteiger partial charge in [-0.1, -0.05) is 5.21 Å². The number of hydrogen-bond acceptors (Lipinski definition) is 3. The van der Waals surface area contributed by atoms with Crippen LogP contribution in [-0.4, -0.2) is 24.5 Å². The van der Waals surface area contributed by atoms with Crippen molar-refractivity contribution in [1.29, 1.82) is 0 Å². The van der Waals surface area contributed by atoms with Gasteiger partial charge in [0.15, 0.2) is 0 Å². The highest BCUT2D eigenvalue weighted by atomic mass is 35.5. The van der Waals surface area contributed by atoms with E-state index < -0.39 is 0 Å². The summed E-state index contributed by atoms with van der Waals surface area (Å²) < 4.78 is 4.04. The zero-order chi connectivity index (χ0) is 11.8. The minimum Gasteiger partial charge on any atom is -0.330 e. The number of rotatable bonds is 4. The van der Waals surface area contributed by atoms with Crippen LogP contribution in [0.2, 0.25) is 0 Å². The Hall–Kier alpha value is -1.36. The van der Waals surface area contributed by atoms with E-state index in [-0.39, 0.29) is 5.38 Å². The van der Waals surface area contributed by atoms with Crippen molar-refractivity contribution in [2.24, 2.45) is 0 Å². The second-order valence-electron chi connectivity index (χ2n) is 4.48. The third-order valence-corrected chi connectivity index (χ3v) is 3.20. The van der Waals surface area contributed by atoms with Crippen LogP contribution in [0, 0.1) is 0 Å². The summed E-state index contributed by atoms with van der Waals surface area (Å²) in [5.74, 6) is 0. The Kier molecular flexibility index (Phi) is 2.63. The first-order chi connectivity index (χ1) is 8.24. The van der Waals surface area contributed by atoms with E-state index in [1.54, 1.807) is 0 Å². The van der Waals surface area contributed by atoms with Gasteiger partial charge in [0.25, 0.3) is 0 Å². The highest BCUT2D eigenvalue weighted by Gasteiger charge is 2.25. The number of aromatic nitrogens is 5. The van der Waals surface area contributed by atoms with Gasteiger partial charge in [-0.2, -0.15) is 0 Å². The molecule has 2 heterocycles. The lowest BCUT2D eigenvalue weighted by Gasteiger charge is -2.05. The van der Waals surface area contributed by atoms with Crippen LogP contribution in [0.1, 0.15) is 42.6 Å². The summed E-state index contributed by atoms with van der Waals surface area (Å²) >= 11 is 5.96. The Morgan fingerprint density at radius 1 is 1.53 bits per heavy atom. The number of imidazole rings is 1. The van der Waals surface area contributed by atoms with E-state index in [2.05, 4.69) is 19.9 Å². The molecule has 0 spiro atoms. The Labute approximate surface area is 104 Å². The minimum absolute atomic E-state index is 0.0999. The highest BCUT2D eigenvalue weighted by molar-refractivity contribution is 6.20. The molecule has 0 radical (unpaired) electrons. The molecule has 0 bridgehead atoms. The van der Waals surface area contributed by atoms with Crippen molar-refractivity contribution in [1.82, 2.24) is 24.5 Å². The van der Waals surface area contributed by atoms with Crippen LogP contribution in [0.15, 0.2) is 18.7 Å². The normalized spacial score (nSPS) is 17.3. The lowest BCUT2D eigenvalue weighted by molar-refractivity contribution is 0.597. The molecule has 2 aromatic heterocycles. The number of alkyl halides is 1. The molecule has 0 N–H and O–H groups in total. The van der Waals surface area contributed by atoms with Gasteiger partial charge in [0.2, 0.25) is 0 Å². The lowest BCUT2D eigenvalue weighted by atomic mass is 10.3. The fourth-order valence-corrected chi connectivity index (χ4v) is 1.97. The first-order valence-electron chi connectivity index (χ1n) is 5.79. The zero-order valence-corrected chi connectivity index (χ0v) is 10.4. The fraction of sp³-hybridized carbons (Fsp3) is 0.545. The summed E-state index contributed by atoms with van der Waals surface area (Å²) in [6.45, 7) is 2.59. The van der Waals surface area contributed by atoms with Gasteiger partial charge in [0.1, 0.15) is 5.69 Å². The Bertz CT molecular complexity index is 511. The zero-order valence-electron chi connectivity index (χ0n) is 9.62. The van der Waals surface area contributed by atoms with Gasteiger partial charge in [0.05, 0.1) is 36.3 Å². The van der Waals surface area contributed by atoms with Crippen LogP contribution in [-0.2, 0) is 6.54 Å². The van der Waals surface area contributed by atoms with E-state index in [4.69, 9.17) is 11.6 Å². The topological polar surface area (TPSA) is 48.5 Å². The van der Waals surface area contributed by atoms with Crippen molar-refractivity contribution in [2.45, 2.75) is 37.7 Å². The van der Waals surface area contributed by atoms with Gasteiger partial charge in [-0.25, -0.2) is 9.67 Å². The molecule has 6 heteroatoms. The highest BCUT2D eigenvalue weighted by Crippen LogP contribution is 2.35. The van der Waals surface area contributed by atoms with E-state index in [0.717, 1.165) is 5.69 Å². The van der Waals surface area contributed by atoms with Crippen molar-refractivity contribution < 1.29 is 0 Å². The number of nitrogens with zero attached hydrogens (tertiary/aromatic N) is 5. The van der Waals surface area contributed by atoms with E-state index in [0.29, 0.717) is 12.6 Å². The predicted octanol–water partition coefficient (Wildman–Crippen LogP) is 2.16. The molecule has 0 saturated heterocycles. The average molecular weight is 252 g/mol. The van der Waals surface area contributed by atoms with E-state index in [1.165, 1.54) is 18.5 Å². The molecule has 1 saturated carbocycles. The van der Waals surface area contributed by atoms with Crippen molar-refractivity contribution in [3.63, 3.8) is 0 Å². The summed E-state index contributed by atoms with van der Waals surface area (Å²) in [6.07, 6.45) is 8.19. The van der Waals surface area contributed by atoms with Crippen LogP contribution < -0.4 is 0 Å². The molecule has 2 aromatic rings. The van der Waals surface area contributed by atoms with Crippen LogP contribution in [0.3, 0.4) is 0 Å². The first kappa shape index (κ1) is 10.8. The molecular formula is C11H14ClN5. The number of hydrogen-bond donors (Lipinski definition) is 0. The monoisotopic (exact) mass is 251 g/mol. The Morgan fingerprint density at radius 3 is 3.00 bits per heavy atom. The maximum Gasteiger partial charge on any atom is 0.100 e. The summed E-state index contributed by atoms with van der Waals surface area (Å²) in [4.78, 5) is 4.20. The molecule has 90 valence electrons. The summed E-state index contributed by atoms with van der Waals surface area (Å²) in [5.41, 5.74) is 1.98. The second kappa shape index (κ2) is 4.14. The molecule has 0 aliphatic heterocycles. The molecule has 1 atom stereocenters. The maximum absolute atomic E-state index is 5.96. The van der Waals surface area contributed by atoms with Crippen molar-refractivity contribution in [3.05, 3.63) is 30.1 Å². The summed E-state index contributed by atoms with van der Waals surface area (Å²) in [6, 6.07) is 0.641. The van der Waals surface area contributed by atoms with Crippen molar-refractivity contribution in [3.8, 4) is 0 Å². The smallest absolute Gasteiger partial charge is 0.100 e. The SMILES string of the molecule is CC(Cl)c1cn(Cc2cncn2C2CC2)nn1. The van der Waals surface area contributed by atoms with Crippen LogP contribution in [0.5, 0.6) is 0 Å².